The van der Waals surface area contributed by atoms with Crippen LogP contribution in [0.1, 0.15) is 13.3 Å². The van der Waals surface area contributed by atoms with E-state index in [0.29, 0.717) is 12.4 Å². The fraction of sp³-hybridized carbons (Fsp3) is 0.500. The fourth-order valence-electron chi connectivity index (χ4n) is 0.600. The number of rotatable bonds is 3. The molecular formula is C6H7Cl2N3O. The van der Waals surface area contributed by atoms with E-state index in [0.717, 1.165) is 6.42 Å². The van der Waals surface area contributed by atoms with Gasteiger partial charge in [0.2, 0.25) is 0 Å². The fourth-order valence-corrected chi connectivity index (χ4v) is 1.00. The van der Waals surface area contributed by atoms with Gasteiger partial charge in [0.05, 0.1) is 6.61 Å². The molecule has 0 aromatic carbocycles. The molecule has 0 unspecified atom stereocenters. The van der Waals surface area contributed by atoms with E-state index >= 15 is 0 Å². The Labute approximate surface area is 79.8 Å². The van der Waals surface area contributed by atoms with Gasteiger partial charge in [-0.05, 0) is 11.6 Å². The molecule has 0 saturated carbocycles. The molecule has 12 heavy (non-hydrogen) atoms. The molecule has 1 heterocycles. The number of halogens is 2. The van der Waals surface area contributed by atoms with Gasteiger partial charge in [0.15, 0.2) is 16.1 Å². The third kappa shape index (κ3) is 2.19. The highest BCUT2D eigenvalue weighted by atomic mass is 35.5. The van der Waals surface area contributed by atoms with E-state index in [2.05, 4.69) is 15.4 Å². The van der Waals surface area contributed by atoms with Gasteiger partial charge >= 0.3 is 0 Å². The van der Waals surface area contributed by atoms with Crippen LogP contribution < -0.4 is 4.74 Å². The highest BCUT2D eigenvalue weighted by Crippen LogP contribution is 2.27. The Morgan fingerprint density at radius 1 is 1.25 bits per heavy atom. The van der Waals surface area contributed by atoms with Crippen molar-refractivity contribution in [3.05, 3.63) is 10.3 Å². The second-order valence-corrected chi connectivity index (χ2v) is 2.76. The van der Waals surface area contributed by atoms with Gasteiger partial charge in [-0.2, -0.15) is 0 Å². The molecule has 0 atom stereocenters. The zero-order valence-corrected chi connectivity index (χ0v) is 7.93. The van der Waals surface area contributed by atoms with Crippen molar-refractivity contribution in [2.24, 2.45) is 0 Å². The maximum atomic E-state index is 5.64. The first-order valence-corrected chi connectivity index (χ1v) is 4.18. The molecular weight excluding hydrogens is 201 g/mol. The number of aromatic nitrogens is 3. The lowest BCUT2D eigenvalue weighted by Crippen LogP contribution is -2.00. The standard InChI is InChI=1S/C6H7Cl2N3O/c1-2-3-12-4-5(7)9-11-10-6(4)8/h2-3H2,1H3. The first kappa shape index (κ1) is 9.48. The van der Waals surface area contributed by atoms with Gasteiger partial charge in [-0.15, -0.1) is 10.2 Å². The van der Waals surface area contributed by atoms with Crippen LogP contribution in [0, 0.1) is 0 Å². The van der Waals surface area contributed by atoms with Crippen LogP contribution >= 0.6 is 23.2 Å². The third-order valence-electron chi connectivity index (χ3n) is 1.09. The topological polar surface area (TPSA) is 47.9 Å². The van der Waals surface area contributed by atoms with Gasteiger partial charge in [0, 0.05) is 0 Å². The molecule has 4 nitrogen and oxygen atoms in total. The van der Waals surface area contributed by atoms with Crippen molar-refractivity contribution in [3.8, 4) is 5.75 Å². The molecule has 66 valence electrons. The molecule has 0 amide bonds. The smallest absolute Gasteiger partial charge is 0.198 e. The van der Waals surface area contributed by atoms with Gasteiger partial charge < -0.3 is 4.74 Å². The lowest BCUT2D eigenvalue weighted by atomic mass is 10.5. The number of hydrogen-bond donors (Lipinski definition) is 0. The summed E-state index contributed by atoms with van der Waals surface area (Å²) in [5.41, 5.74) is 0. The Morgan fingerprint density at radius 2 is 1.83 bits per heavy atom. The quantitative estimate of drug-likeness (QED) is 0.761. The highest BCUT2D eigenvalue weighted by Gasteiger charge is 2.09. The summed E-state index contributed by atoms with van der Waals surface area (Å²) in [5.74, 6) is 0.301. The van der Waals surface area contributed by atoms with Gasteiger partial charge in [-0.25, -0.2) is 0 Å². The summed E-state index contributed by atoms with van der Waals surface area (Å²) >= 11 is 11.3. The second kappa shape index (κ2) is 4.42. The van der Waals surface area contributed by atoms with Crippen LogP contribution in [0.15, 0.2) is 0 Å². The van der Waals surface area contributed by atoms with Gasteiger partial charge in [0.25, 0.3) is 0 Å². The van der Waals surface area contributed by atoms with Crippen molar-refractivity contribution in [2.75, 3.05) is 6.61 Å². The lowest BCUT2D eigenvalue weighted by Gasteiger charge is -2.04. The summed E-state index contributed by atoms with van der Waals surface area (Å²) in [7, 11) is 0. The van der Waals surface area contributed by atoms with E-state index in [1.807, 2.05) is 6.92 Å². The Bertz CT molecular complexity index is 249. The largest absolute Gasteiger partial charge is 0.487 e. The monoisotopic (exact) mass is 207 g/mol. The molecule has 0 radical (unpaired) electrons. The maximum Gasteiger partial charge on any atom is 0.198 e. The highest BCUT2D eigenvalue weighted by molar-refractivity contribution is 6.35. The first-order chi connectivity index (χ1) is 5.75. The van der Waals surface area contributed by atoms with Crippen molar-refractivity contribution in [1.29, 1.82) is 0 Å². The van der Waals surface area contributed by atoms with Crippen molar-refractivity contribution in [2.45, 2.75) is 13.3 Å². The summed E-state index contributed by atoms with van der Waals surface area (Å²) < 4.78 is 5.19. The molecule has 1 aromatic rings. The first-order valence-electron chi connectivity index (χ1n) is 3.43. The minimum Gasteiger partial charge on any atom is -0.487 e. The molecule has 0 aliphatic heterocycles. The maximum absolute atomic E-state index is 5.64. The Kier molecular flexibility index (Phi) is 3.49. The molecule has 0 aliphatic rings. The molecule has 0 bridgehead atoms. The lowest BCUT2D eigenvalue weighted by molar-refractivity contribution is 0.314. The van der Waals surface area contributed by atoms with E-state index in [4.69, 9.17) is 27.9 Å². The van der Waals surface area contributed by atoms with Crippen LogP contribution in [0.5, 0.6) is 5.75 Å². The Balaban J connectivity index is 2.81. The molecule has 1 rings (SSSR count). The van der Waals surface area contributed by atoms with E-state index in [1.54, 1.807) is 0 Å². The average molecular weight is 208 g/mol. The van der Waals surface area contributed by atoms with E-state index in [9.17, 15) is 0 Å². The summed E-state index contributed by atoms with van der Waals surface area (Å²) in [5, 5.41) is 10.6. The van der Waals surface area contributed by atoms with Gasteiger partial charge in [0.1, 0.15) is 0 Å². The third-order valence-corrected chi connectivity index (χ3v) is 1.58. The Hall–Kier alpha value is -0.610. The SMILES string of the molecule is CCCOc1c(Cl)nnnc1Cl. The summed E-state index contributed by atoms with van der Waals surface area (Å²) in [6.07, 6.45) is 0.870. The van der Waals surface area contributed by atoms with Crippen molar-refractivity contribution >= 4 is 23.2 Å². The van der Waals surface area contributed by atoms with Crippen LogP contribution in [0.25, 0.3) is 0 Å². The normalized spacial score (nSPS) is 9.92. The second-order valence-electron chi connectivity index (χ2n) is 2.05. The molecule has 1 aromatic heterocycles. The van der Waals surface area contributed by atoms with Crippen molar-refractivity contribution < 1.29 is 4.74 Å². The van der Waals surface area contributed by atoms with Crippen LogP contribution in [-0.4, -0.2) is 22.0 Å². The molecule has 0 aliphatic carbocycles. The van der Waals surface area contributed by atoms with Crippen LogP contribution in [-0.2, 0) is 0 Å². The minimum atomic E-state index is 0.142. The van der Waals surface area contributed by atoms with Crippen LogP contribution in [0.4, 0.5) is 0 Å². The number of nitrogens with zero attached hydrogens (tertiary/aromatic N) is 3. The number of ether oxygens (including phenoxy) is 1. The van der Waals surface area contributed by atoms with Crippen molar-refractivity contribution in [3.63, 3.8) is 0 Å². The molecule has 6 heteroatoms. The predicted molar refractivity (Wildman–Crippen MR) is 45.6 cm³/mol. The van der Waals surface area contributed by atoms with E-state index < -0.39 is 0 Å². The summed E-state index contributed by atoms with van der Waals surface area (Å²) in [4.78, 5) is 0. The van der Waals surface area contributed by atoms with Gasteiger partial charge in [-0.3, -0.25) is 0 Å². The van der Waals surface area contributed by atoms with E-state index in [-0.39, 0.29) is 10.3 Å². The minimum absolute atomic E-state index is 0.142. The predicted octanol–water partition coefficient (Wildman–Crippen LogP) is 1.97. The van der Waals surface area contributed by atoms with Gasteiger partial charge in [-0.1, -0.05) is 30.1 Å². The number of hydrogen-bond acceptors (Lipinski definition) is 4. The zero-order chi connectivity index (χ0) is 8.97. The molecule has 0 N–H and O–H groups in total. The molecule has 0 spiro atoms. The van der Waals surface area contributed by atoms with Crippen molar-refractivity contribution in [1.82, 2.24) is 15.4 Å². The van der Waals surface area contributed by atoms with Crippen LogP contribution in [0.3, 0.4) is 0 Å². The van der Waals surface area contributed by atoms with E-state index in [1.165, 1.54) is 0 Å². The zero-order valence-electron chi connectivity index (χ0n) is 6.42. The van der Waals surface area contributed by atoms with Crippen LogP contribution in [0.2, 0.25) is 10.3 Å². The summed E-state index contributed by atoms with van der Waals surface area (Å²) in [6.45, 7) is 2.51. The summed E-state index contributed by atoms with van der Waals surface area (Å²) in [6, 6.07) is 0. The Morgan fingerprint density at radius 3 is 2.33 bits per heavy atom. The molecule has 0 saturated heterocycles. The average Bonchev–Trinajstić information content (AvgIpc) is 2.04. The molecule has 0 fully saturated rings.